The molecule has 12 heteroatoms. The lowest BCUT2D eigenvalue weighted by molar-refractivity contribution is -0.117. The van der Waals surface area contributed by atoms with Gasteiger partial charge in [0.1, 0.15) is 29.4 Å². The first-order chi connectivity index (χ1) is 22.7. The molecule has 240 valence electrons. The number of pyridine rings is 3. The fraction of sp³-hybridized carbons (Fsp3) is 0.314. The zero-order chi connectivity index (χ0) is 32.5. The second-order valence-electron chi connectivity index (χ2n) is 13.1. The van der Waals surface area contributed by atoms with E-state index in [4.69, 9.17) is 9.72 Å². The average molecular weight is 634 g/mol. The van der Waals surface area contributed by atoms with Gasteiger partial charge in [-0.3, -0.25) is 29.7 Å². The Kier molecular flexibility index (Phi) is 8.10. The Hall–Kier alpha value is -5.23. The highest BCUT2D eigenvalue weighted by molar-refractivity contribution is 5.97. The standard InChI is InChI=1S/C35H36FN9O2/c1-35(2,3)17-30(46)40-24-13-22(18-37-19-24)28-16-26-29(20-39-28)43-44-32(26)34-41-27-6-7-38-31(33(27)42-34)21-12-23(36)15-25(14-21)47-11-10-45-8-4-5-9-45/h6-7,12-16,18-20H,4-5,8-11,17H2,1-3H3,(H,40,46)(H,41,42)(H,43,44). The van der Waals surface area contributed by atoms with Crippen molar-refractivity contribution in [3.05, 3.63) is 67.0 Å². The Morgan fingerprint density at radius 2 is 1.85 bits per heavy atom. The van der Waals surface area contributed by atoms with Crippen LogP contribution in [0.4, 0.5) is 10.1 Å². The summed E-state index contributed by atoms with van der Waals surface area (Å²) in [5.41, 5.74) is 5.63. The van der Waals surface area contributed by atoms with Gasteiger partial charge in [0.05, 0.1) is 40.5 Å². The minimum absolute atomic E-state index is 0.0739. The van der Waals surface area contributed by atoms with Gasteiger partial charge in [0.15, 0.2) is 5.82 Å². The van der Waals surface area contributed by atoms with Gasteiger partial charge in [-0.25, -0.2) is 9.37 Å². The van der Waals surface area contributed by atoms with Gasteiger partial charge >= 0.3 is 0 Å². The van der Waals surface area contributed by atoms with Crippen LogP contribution >= 0.6 is 0 Å². The van der Waals surface area contributed by atoms with E-state index in [0.29, 0.717) is 58.5 Å². The number of benzene rings is 1. The van der Waals surface area contributed by atoms with E-state index in [2.05, 4.69) is 40.3 Å². The molecule has 1 aliphatic rings. The number of likely N-dealkylation sites (tertiary alicyclic amines) is 1. The summed E-state index contributed by atoms with van der Waals surface area (Å²) >= 11 is 0. The minimum atomic E-state index is -0.404. The summed E-state index contributed by atoms with van der Waals surface area (Å²) in [6, 6.07) is 10.2. The van der Waals surface area contributed by atoms with E-state index in [1.165, 1.54) is 25.0 Å². The fourth-order valence-corrected chi connectivity index (χ4v) is 5.93. The molecule has 0 saturated carbocycles. The topological polar surface area (TPSA) is 138 Å². The summed E-state index contributed by atoms with van der Waals surface area (Å²) in [5.74, 6) is 0.506. The number of hydrogen-bond donors (Lipinski definition) is 3. The van der Waals surface area contributed by atoms with E-state index < -0.39 is 5.82 Å². The molecule has 0 spiro atoms. The van der Waals surface area contributed by atoms with Crippen molar-refractivity contribution in [2.45, 2.75) is 40.0 Å². The van der Waals surface area contributed by atoms with E-state index in [0.717, 1.165) is 41.6 Å². The number of ether oxygens (including phenoxy) is 1. The predicted molar refractivity (Wildman–Crippen MR) is 179 cm³/mol. The van der Waals surface area contributed by atoms with Gasteiger partial charge in [0.25, 0.3) is 0 Å². The summed E-state index contributed by atoms with van der Waals surface area (Å²) in [4.78, 5) is 36.6. The van der Waals surface area contributed by atoms with Crippen LogP contribution in [0.1, 0.15) is 40.0 Å². The van der Waals surface area contributed by atoms with Crippen LogP contribution in [0.2, 0.25) is 0 Å². The number of halogens is 1. The van der Waals surface area contributed by atoms with Crippen LogP contribution in [-0.2, 0) is 4.79 Å². The molecule has 1 aromatic carbocycles. The largest absolute Gasteiger partial charge is 0.492 e. The van der Waals surface area contributed by atoms with Crippen molar-refractivity contribution in [2.24, 2.45) is 5.41 Å². The number of carbonyl (C=O) groups is 1. The van der Waals surface area contributed by atoms with Gasteiger partial charge in [-0.05, 0) is 61.7 Å². The molecule has 47 heavy (non-hydrogen) atoms. The van der Waals surface area contributed by atoms with Crippen molar-refractivity contribution in [1.82, 2.24) is 40.0 Å². The Bertz CT molecular complexity index is 2080. The molecule has 0 bridgehead atoms. The number of carbonyl (C=O) groups excluding carboxylic acids is 1. The van der Waals surface area contributed by atoms with E-state index in [9.17, 15) is 9.18 Å². The molecular formula is C35H36FN9O2. The number of aromatic nitrogens is 7. The monoisotopic (exact) mass is 633 g/mol. The highest BCUT2D eigenvalue weighted by Gasteiger charge is 2.19. The summed E-state index contributed by atoms with van der Waals surface area (Å²) in [7, 11) is 0. The highest BCUT2D eigenvalue weighted by atomic mass is 19.1. The lowest BCUT2D eigenvalue weighted by Gasteiger charge is -2.17. The van der Waals surface area contributed by atoms with Crippen molar-refractivity contribution >= 4 is 33.5 Å². The Morgan fingerprint density at radius 1 is 1.00 bits per heavy atom. The lowest BCUT2D eigenvalue weighted by atomic mass is 9.92. The molecule has 0 unspecified atom stereocenters. The first-order valence-electron chi connectivity index (χ1n) is 15.8. The molecule has 3 N–H and O–H groups in total. The van der Waals surface area contributed by atoms with Gasteiger partial charge in [0, 0.05) is 47.9 Å². The van der Waals surface area contributed by atoms with Crippen molar-refractivity contribution in [1.29, 1.82) is 0 Å². The van der Waals surface area contributed by atoms with Gasteiger partial charge in [-0.1, -0.05) is 20.8 Å². The summed E-state index contributed by atoms with van der Waals surface area (Å²) in [6.07, 6.45) is 9.51. The first kappa shape index (κ1) is 30.4. The molecule has 0 aliphatic carbocycles. The maximum Gasteiger partial charge on any atom is 0.224 e. The number of hydrogen-bond acceptors (Lipinski definition) is 8. The molecule has 0 atom stereocenters. The first-order valence-corrected chi connectivity index (χ1v) is 15.8. The smallest absolute Gasteiger partial charge is 0.224 e. The van der Waals surface area contributed by atoms with E-state index >= 15 is 0 Å². The number of H-pyrrole nitrogens is 2. The minimum Gasteiger partial charge on any atom is -0.492 e. The zero-order valence-corrected chi connectivity index (χ0v) is 26.6. The van der Waals surface area contributed by atoms with Crippen LogP contribution in [0, 0.1) is 11.2 Å². The van der Waals surface area contributed by atoms with Crippen LogP contribution in [0.5, 0.6) is 5.75 Å². The molecular weight excluding hydrogens is 597 g/mol. The maximum atomic E-state index is 14.8. The van der Waals surface area contributed by atoms with Crippen LogP contribution in [0.3, 0.4) is 0 Å². The number of imidazole rings is 1. The van der Waals surface area contributed by atoms with Crippen molar-refractivity contribution < 1.29 is 13.9 Å². The van der Waals surface area contributed by atoms with Crippen molar-refractivity contribution in [3.8, 4) is 39.8 Å². The molecule has 7 rings (SSSR count). The molecule has 11 nitrogen and oxygen atoms in total. The number of anilines is 1. The second kappa shape index (κ2) is 12.5. The van der Waals surface area contributed by atoms with Crippen LogP contribution in [0.25, 0.3) is 56.0 Å². The molecule has 1 amide bonds. The van der Waals surface area contributed by atoms with Gasteiger partial charge in [0.2, 0.25) is 5.91 Å². The van der Waals surface area contributed by atoms with Crippen molar-refractivity contribution in [2.75, 3.05) is 31.6 Å². The highest BCUT2D eigenvalue weighted by Crippen LogP contribution is 2.33. The molecule has 0 radical (unpaired) electrons. The van der Waals surface area contributed by atoms with Crippen LogP contribution in [0.15, 0.2) is 61.2 Å². The second-order valence-corrected chi connectivity index (χ2v) is 13.1. The number of nitrogens with zero attached hydrogens (tertiary/aromatic N) is 6. The zero-order valence-electron chi connectivity index (χ0n) is 26.6. The fourth-order valence-electron chi connectivity index (χ4n) is 5.93. The Labute approximate surface area is 271 Å². The van der Waals surface area contributed by atoms with Crippen LogP contribution in [-0.4, -0.2) is 72.2 Å². The van der Waals surface area contributed by atoms with Crippen LogP contribution < -0.4 is 10.1 Å². The third-order valence-corrected chi connectivity index (χ3v) is 8.10. The number of fused-ring (bicyclic) bond motifs is 2. The molecule has 6 heterocycles. The number of aromatic amines is 2. The van der Waals surface area contributed by atoms with Gasteiger partial charge < -0.3 is 15.0 Å². The summed E-state index contributed by atoms with van der Waals surface area (Å²) in [5, 5.41) is 11.3. The normalized spacial score (nSPS) is 13.9. The molecule has 1 fully saturated rings. The summed E-state index contributed by atoms with van der Waals surface area (Å²) < 4.78 is 20.7. The number of rotatable bonds is 9. The molecule has 1 saturated heterocycles. The average Bonchev–Trinajstić information content (AvgIpc) is 3.79. The van der Waals surface area contributed by atoms with Gasteiger partial charge in [-0.2, -0.15) is 5.10 Å². The molecule has 1 aliphatic heterocycles. The quantitative estimate of drug-likeness (QED) is 0.162. The SMILES string of the molecule is CC(C)(C)CC(=O)Nc1cncc(-c2cc3c(-c4nc5c(-c6cc(F)cc(OCCN7CCCC7)c6)nccc5[nH]4)n[nH]c3cn2)c1. The third-order valence-electron chi connectivity index (χ3n) is 8.10. The predicted octanol–water partition coefficient (Wildman–Crippen LogP) is 6.61. The van der Waals surface area contributed by atoms with Gasteiger partial charge in [-0.15, -0.1) is 0 Å². The van der Waals surface area contributed by atoms with E-state index in [1.54, 1.807) is 30.9 Å². The van der Waals surface area contributed by atoms with E-state index in [1.807, 2.05) is 39.0 Å². The van der Waals surface area contributed by atoms with Crippen molar-refractivity contribution in [3.63, 3.8) is 0 Å². The van der Waals surface area contributed by atoms with E-state index in [-0.39, 0.29) is 11.3 Å². The lowest BCUT2D eigenvalue weighted by Crippen LogP contribution is -2.25. The number of nitrogens with one attached hydrogen (secondary N) is 3. The summed E-state index contributed by atoms with van der Waals surface area (Å²) in [6.45, 7) is 9.52. The third kappa shape index (κ3) is 6.82. The number of amides is 1. The maximum absolute atomic E-state index is 14.8. The molecule has 5 aromatic heterocycles. The molecule has 6 aromatic rings. The Balaban J connectivity index is 1.17. The Morgan fingerprint density at radius 3 is 2.68 bits per heavy atom.